The molecule has 0 atom stereocenters. The highest BCUT2D eigenvalue weighted by molar-refractivity contribution is 14.1. The molecule has 0 saturated heterocycles. The van der Waals surface area contributed by atoms with Crippen LogP contribution in [0.3, 0.4) is 0 Å². The average Bonchev–Trinajstić information content (AvgIpc) is 2.56. The molecule has 0 unspecified atom stereocenters. The lowest BCUT2D eigenvalue weighted by Gasteiger charge is -2.07. The highest BCUT2D eigenvalue weighted by Gasteiger charge is 2.07. The molecule has 0 aliphatic rings. The van der Waals surface area contributed by atoms with Crippen LogP contribution < -0.4 is 0 Å². The van der Waals surface area contributed by atoms with Crippen molar-refractivity contribution in [2.45, 2.75) is 4.43 Å². The highest BCUT2D eigenvalue weighted by atomic mass is 127. The summed E-state index contributed by atoms with van der Waals surface area (Å²) in [7, 11) is 0. The largest absolute Gasteiger partial charge is 0.232 e. The minimum Gasteiger partial charge on any atom is -0.232 e. The zero-order valence-corrected chi connectivity index (χ0v) is 13.0. The molecule has 0 aliphatic carbocycles. The summed E-state index contributed by atoms with van der Waals surface area (Å²) >= 11 is 2.30. The van der Waals surface area contributed by atoms with Gasteiger partial charge in [-0.2, -0.15) is 0 Å². The Morgan fingerprint density at radius 3 is 1.55 bits per heavy atom. The van der Waals surface area contributed by atoms with E-state index in [9.17, 15) is 0 Å². The molecule has 98 valence electrons. The first kappa shape index (κ1) is 13.2. The van der Waals surface area contributed by atoms with Crippen molar-refractivity contribution in [1.29, 1.82) is 0 Å². The maximum absolute atomic E-state index is 4.63. The molecule has 0 amide bonds. The molecule has 3 aromatic rings. The van der Waals surface area contributed by atoms with Crippen LogP contribution >= 0.6 is 22.6 Å². The Balaban J connectivity index is 2.13. The van der Waals surface area contributed by atoms with Crippen molar-refractivity contribution in [1.82, 2.24) is 9.97 Å². The van der Waals surface area contributed by atoms with E-state index < -0.39 is 0 Å². The van der Waals surface area contributed by atoms with Crippen molar-refractivity contribution in [2.75, 3.05) is 0 Å². The number of hydrogen-bond acceptors (Lipinski definition) is 2. The van der Waals surface area contributed by atoms with Gasteiger partial charge in [0, 0.05) is 11.1 Å². The molecule has 0 spiro atoms. The van der Waals surface area contributed by atoms with Gasteiger partial charge in [-0.25, -0.2) is 9.97 Å². The first-order valence-electron chi connectivity index (χ1n) is 6.41. The fourth-order valence-electron chi connectivity index (χ4n) is 2.07. The summed E-state index contributed by atoms with van der Waals surface area (Å²) in [6.45, 7) is 0. The lowest BCUT2D eigenvalue weighted by atomic mass is 10.1. The van der Waals surface area contributed by atoms with Crippen LogP contribution in [0.5, 0.6) is 0 Å². The normalized spacial score (nSPS) is 10.4. The number of benzene rings is 2. The Labute approximate surface area is 132 Å². The summed E-state index contributed by atoms with van der Waals surface area (Å²) < 4.78 is 0.804. The van der Waals surface area contributed by atoms with Gasteiger partial charge < -0.3 is 0 Å². The monoisotopic (exact) mass is 372 g/mol. The second-order valence-electron chi connectivity index (χ2n) is 4.42. The van der Waals surface area contributed by atoms with Crippen LogP contribution in [0.25, 0.3) is 22.5 Å². The number of nitrogens with zero attached hydrogens (tertiary/aromatic N) is 2. The predicted molar refractivity (Wildman–Crippen MR) is 90.6 cm³/mol. The molecule has 0 radical (unpaired) electrons. The van der Waals surface area contributed by atoms with Crippen LogP contribution in [0.4, 0.5) is 0 Å². The van der Waals surface area contributed by atoms with Crippen molar-refractivity contribution in [2.24, 2.45) is 0 Å². The Hall–Kier alpha value is -1.75. The second kappa shape index (κ2) is 6.13. The molecule has 0 fully saturated rings. The molecule has 0 saturated carbocycles. The van der Waals surface area contributed by atoms with Gasteiger partial charge in [-0.1, -0.05) is 83.3 Å². The van der Waals surface area contributed by atoms with Gasteiger partial charge in [-0.3, -0.25) is 0 Å². The van der Waals surface area contributed by atoms with E-state index in [0.717, 1.165) is 32.8 Å². The molecule has 2 aromatic carbocycles. The van der Waals surface area contributed by atoms with E-state index in [-0.39, 0.29) is 0 Å². The maximum Gasteiger partial charge on any atom is 0.139 e. The average molecular weight is 372 g/mol. The highest BCUT2D eigenvalue weighted by Crippen LogP contribution is 2.24. The molecular weight excluding hydrogens is 359 g/mol. The van der Waals surface area contributed by atoms with Crippen LogP contribution in [0, 0.1) is 0 Å². The lowest BCUT2D eigenvalue weighted by Crippen LogP contribution is -1.96. The number of alkyl halides is 1. The van der Waals surface area contributed by atoms with Gasteiger partial charge >= 0.3 is 0 Å². The smallest absolute Gasteiger partial charge is 0.139 e. The summed E-state index contributed by atoms with van der Waals surface area (Å²) in [6.07, 6.45) is 0. The van der Waals surface area contributed by atoms with Crippen LogP contribution in [0.2, 0.25) is 0 Å². The number of hydrogen-bond donors (Lipinski definition) is 0. The third-order valence-corrected chi connectivity index (χ3v) is 3.71. The topological polar surface area (TPSA) is 25.8 Å². The zero-order chi connectivity index (χ0) is 13.8. The predicted octanol–water partition coefficient (Wildman–Crippen LogP) is 4.75. The number of rotatable bonds is 3. The number of halogens is 1. The summed E-state index contributed by atoms with van der Waals surface area (Å²) in [6, 6.07) is 22.5. The Kier molecular flexibility index (Phi) is 4.06. The molecule has 0 aliphatic heterocycles. The summed E-state index contributed by atoms with van der Waals surface area (Å²) in [5, 5.41) is 0. The van der Waals surface area contributed by atoms with E-state index >= 15 is 0 Å². The van der Waals surface area contributed by atoms with Gasteiger partial charge in [0.05, 0.1) is 15.8 Å². The van der Waals surface area contributed by atoms with E-state index in [1.807, 2.05) is 36.4 Å². The second-order valence-corrected chi connectivity index (χ2v) is 5.18. The zero-order valence-electron chi connectivity index (χ0n) is 10.8. The molecular formula is C17H13IN2. The van der Waals surface area contributed by atoms with E-state index in [4.69, 9.17) is 0 Å². The molecule has 0 bridgehead atoms. The summed E-state index contributed by atoms with van der Waals surface area (Å²) in [4.78, 5) is 9.26. The van der Waals surface area contributed by atoms with Gasteiger partial charge in [0.25, 0.3) is 0 Å². The van der Waals surface area contributed by atoms with Crippen LogP contribution in [0.15, 0.2) is 66.7 Å². The van der Waals surface area contributed by atoms with Crippen molar-refractivity contribution in [3.05, 3.63) is 72.6 Å². The third kappa shape index (κ3) is 2.88. The molecule has 1 aromatic heterocycles. The standard InChI is InChI=1S/C17H13IN2/c18-12-17-19-15(13-7-3-1-4-8-13)11-16(20-17)14-9-5-2-6-10-14/h1-11H,12H2. The SMILES string of the molecule is ICc1nc(-c2ccccc2)cc(-c2ccccc2)n1. The van der Waals surface area contributed by atoms with Gasteiger partial charge in [0.15, 0.2) is 0 Å². The molecule has 2 nitrogen and oxygen atoms in total. The first-order valence-corrected chi connectivity index (χ1v) is 7.94. The van der Waals surface area contributed by atoms with E-state index in [1.165, 1.54) is 0 Å². The van der Waals surface area contributed by atoms with E-state index in [0.29, 0.717) is 0 Å². The van der Waals surface area contributed by atoms with Crippen molar-refractivity contribution < 1.29 is 0 Å². The van der Waals surface area contributed by atoms with Gasteiger partial charge in [0.2, 0.25) is 0 Å². The minimum absolute atomic E-state index is 0.804. The minimum atomic E-state index is 0.804. The Morgan fingerprint density at radius 1 is 0.700 bits per heavy atom. The van der Waals surface area contributed by atoms with Gasteiger partial charge in [-0.05, 0) is 6.07 Å². The molecule has 0 N–H and O–H groups in total. The van der Waals surface area contributed by atoms with E-state index in [1.54, 1.807) is 0 Å². The van der Waals surface area contributed by atoms with Gasteiger partial charge in [0.1, 0.15) is 5.82 Å². The first-order chi connectivity index (χ1) is 9.86. The Morgan fingerprint density at radius 2 is 1.15 bits per heavy atom. The van der Waals surface area contributed by atoms with Gasteiger partial charge in [-0.15, -0.1) is 0 Å². The van der Waals surface area contributed by atoms with Crippen molar-refractivity contribution >= 4 is 22.6 Å². The quantitative estimate of drug-likeness (QED) is 0.490. The lowest BCUT2D eigenvalue weighted by molar-refractivity contribution is 1.06. The molecule has 20 heavy (non-hydrogen) atoms. The van der Waals surface area contributed by atoms with Crippen LogP contribution in [-0.4, -0.2) is 9.97 Å². The fourth-order valence-corrected chi connectivity index (χ4v) is 2.41. The molecule has 3 rings (SSSR count). The van der Waals surface area contributed by atoms with Crippen molar-refractivity contribution in [3.8, 4) is 22.5 Å². The fraction of sp³-hybridized carbons (Fsp3) is 0.0588. The molecule has 1 heterocycles. The van der Waals surface area contributed by atoms with Crippen LogP contribution in [-0.2, 0) is 4.43 Å². The number of aromatic nitrogens is 2. The maximum atomic E-state index is 4.63. The van der Waals surface area contributed by atoms with E-state index in [2.05, 4.69) is 62.9 Å². The van der Waals surface area contributed by atoms with Crippen LogP contribution in [0.1, 0.15) is 5.82 Å². The van der Waals surface area contributed by atoms with Crippen molar-refractivity contribution in [3.63, 3.8) is 0 Å². The summed E-state index contributed by atoms with van der Waals surface area (Å²) in [5.41, 5.74) is 4.20. The summed E-state index contributed by atoms with van der Waals surface area (Å²) in [5.74, 6) is 0.866. The third-order valence-electron chi connectivity index (χ3n) is 3.03. The molecule has 3 heteroatoms. The Bertz CT molecular complexity index is 639.